The van der Waals surface area contributed by atoms with Gasteiger partial charge < -0.3 is 5.32 Å². The van der Waals surface area contributed by atoms with Gasteiger partial charge in [0.25, 0.3) is 10.0 Å². The zero-order valence-electron chi connectivity index (χ0n) is 15.4. The van der Waals surface area contributed by atoms with Crippen LogP contribution in [-0.4, -0.2) is 23.3 Å². The van der Waals surface area contributed by atoms with E-state index in [1.54, 1.807) is 36.7 Å². The van der Waals surface area contributed by atoms with Gasteiger partial charge in [0.2, 0.25) is 5.91 Å². The van der Waals surface area contributed by atoms with Gasteiger partial charge in [-0.3, -0.25) is 9.78 Å². The minimum Gasteiger partial charge on any atom is -0.326 e. The lowest BCUT2D eigenvalue weighted by atomic mass is 10.00. The number of nitrogens with zero attached hydrogens (tertiary/aromatic N) is 2. The monoisotopic (exact) mass is 395 g/mol. The van der Waals surface area contributed by atoms with Gasteiger partial charge >= 0.3 is 0 Å². The topological polar surface area (TPSA) is 81.1 Å². The van der Waals surface area contributed by atoms with Gasteiger partial charge in [-0.1, -0.05) is 18.9 Å². The molecule has 0 saturated heterocycles. The van der Waals surface area contributed by atoms with Crippen molar-refractivity contribution < 1.29 is 13.2 Å². The van der Waals surface area contributed by atoms with Crippen molar-refractivity contribution in [2.24, 2.45) is 0 Å². The van der Waals surface area contributed by atoms with Crippen molar-refractivity contribution in [1.29, 1.82) is 0 Å². The summed E-state index contributed by atoms with van der Waals surface area (Å²) >= 11 is 0. The molecule has 3 heterocycles. The van der Waals surface area contributed by atoms with Gasteiger partial charge in [-0.2, -0.15) is 0 Å². The van der Waals surface area contributed by atoms with Crippen LogP contribution >= 0.6 is 0 Å². The average molecular weight is 395 g/mol. The van der Waals surface area contributed by atoms with Crippen molar-refractivity contribution in [1.82, 2.24) is 8.96 Å². The summed E-state index contributed by atoms with van der Waals surface area (Å²) in [5.74, 6) is 0.277. The second-order valence-corrected chi connectivity index (χ2v) is 9.35. The van der Waals surface area contributed by atoms with Crippen molar-refractivity contribution >= 4 is 32.7 Å². The Balaban J connectivity index is 1.70. The van der Waals surface area contributed by atoms with Crippen molar-refractivity contribution in [3.63, 3.8) is 0 Å². The molecule has 1 aliphatic carbocycles. The molecule has 1 saturated carbocycles. The normalized spacial score (nSPS) is 17.6. The zero-order valence-corrected chi connectivity index (χ0v) is 16.2. The number of anilines is 1. The fraction of sp³-hybridized carbons (Fsp3) is 0.333. The molecule has 28 heavy (non-hydrogen) atoms. The Morgan fingerprint density at radius 3 is 2.71 bits per heavy atom. The summed E-state index contributed by atoms with van der Waals surface area (Å²) in [7, 11) is -3.81. The van der Waals surface area contributed by atoms with Crippen LogP contribution in [0.15, 0.2) is 47.6 Å². The van der Waals surface area contributed by atoms with Crippen LogP contribution in [0.25, 0.3) is 11.0 Å². The lowest BCUT2D eigenvalue weighted by Gasteiger charge is -2.20. The number of hydrogen-bond acceptors (Lipinski definition) is 4. The molecule has 6 nitrogen and oxygen atoms in total. The zero-order chi connectivity index (χ0) is 19.3. The maximum atomic E-state index is 13.7. The Kier molecular flexibility index (Phi) is 4.01. The number of hydrogen-bond donors (Lipinski definition) is 1. The second kappa shape index (κ2) is 6.44. The van der Waals surface area contributed by atoms with E-state index in [4.69, 9.17) is 0 Å². The fourth-order valence-electron chi connectivity index (χ4n) is 4.53. The molecule has 1 aliphatic heterocycles. The minimum absolute atomic E-state index is 0.0822. The van der Waals surface area contributed by atoms with Crippen LogP contribution in [0.4, 0.5) is 5.69 Å². The molecule has 0 unspecified atom stereocenters. The number of carbonyl (C=O) groups is 1. The summed E-state index contributed by atoms with van der Waals surface area (Å²) in [6, 6.07) is 8.65. The maximum absolute atomic E-state index is 13.7. The van der Waals surface area contributed by atoms with E-state index in [1.165, 1.54) is 16.8 Å². The lowest BCUT2D eigenvalue weighted by Crippen LogP contribution is -2.22. The highest BCUT2D eigenvalue weighted by Gasteiger charge is 2.30. The van der Waals surface area contributed by atoms with Crippen molar-refractivity contribution in [2.75, 3.05) is 5.32 Å². The number of fused-ring (bicyclic) bond motifs is 2. The number of amides is 1. The number of aromatic nitrogens is 2. The Labute approximate surface area is 163 Å². The van der Waals surface area contributed by atoms with E-state index in [2.05, 4.69) is 10.3 Å². The molecule has 1 fully saturated rings. The third-order valence-corrected chi connectivity index (χ3v) is 7.65. The van der Waals surface area contributed by atoms with Crippen LogP contribution in [0.1, 0.15) is 49.1 Å². The van der Waals surface area contributed by atoms with Gasteiger partial charge in [0.05, 0.1) is 15.9 Å². The van der Waals surface area contributed by atoms with Crippen LogP contribution in [0, 0.1) is 0 Å². The summed E-state index contributed by atoms with van der Waals surface area (Å²) in [5.41, 5.74) is 3.67. The number of pyridine rings is 1. The van der Waals surface area contributed by atoms with Gasteiger partial charge in [-0.15, -0.1) is 0 Å². The van der Waals surface area contributed by atoms with Gasteiger partial charge in [0.1, 0.15) is 0 Å². The first-order valence-corrected chi connectivity index (χ1v) is 11.1. The largest absolute Gasteiger partial charge is 0.326 e. The molecule has 7 heteroatoms. The Bertz CT molecular complexity index is 1190. The molecule has 5 rings (SSSR count). The molecule has 0 bridgehead atoms. The number of benzene rings is 1. The Morgan fingerprint density at radius 1 is 1.07 bits per heavy atom. The highest BCUT2D eigenvalue weighted by atomic mass is 32.2. The maximum Gasteiger partial charge on any atom is 0.268 e. The molecular weight excluding hydrogens is 374 g/mol. The molecule has 1 N–H and O–H groups in total. The Hall–Kier alpha value is -2.67. The summed E-state index contributed by atoms with van der Waals surface area (Å²) in [6.07, 6.45) is 8.68. The molecule has 144 valence electrons. The van der Waals surface area contributed by atoms with E-state index in [0.717, 1.165) is 23.9 Å². The van der Waals surface area contributed by atoms with Crippen molar-refractivity contribution in [3.8, 4) is 0 Å². The summed E-state index contributed by atoms with van der Waals surface area (Å²) in [6.45, 7) is 0. The van der Waals surface area contributed by atoms with Crippen LogP contribution < -0.4 is 5.32 Å². The van der Waals surface area contributed by atoms with Crippen molar-refractivity contribution in [2.45, 2.75) is 49.3 Å². The summed E-state index contributed by atoms with van der Waals surface area (Å²) < 4.78 is 28.7. The van der Waals surface area contributed by atoms with Crippen LogP contribution in [0.2, 0.25) is 0 Å². The fourth-order valence-corrected chi connectivity index (χ4v) is 6.17. The van der Waals surface area contributed by atoms with Gasteiger partial charge in [0.15, 0.2) is 0 Å². The lowest BCUT2D eigenvalue weighted by molar-refractivity contribution is -0.116. The molecular formula is C21H21N3O3S. The third-order valence-electron chi connectivity index (χ3n) is 5.89. The smallest absolute Gasteiger partial charge is 0.268 e. The highest BCUT2D eigenvalue weighted by molar-refractivity contribution is 7.90. The van der Waals surface area contributed by atoms with E-state index in [0.29, 0.717) is 35.5 Å². The predicted octanol–water partition coefficient (Wildman–Crippen LogP) is 3.82. The van der Waals surface area contributed by atoms with E-state index in [-0.39, 0.29) is 10.8 Å². The van der Waals surface area contributed by atoms with E-state index in [9.17, 15) is 13.2 Å². The molecule has 0 atom stereocenters. The van der Waals surface area contributed by atoms with Crippen LogP contribution in [-0.2, 0) is 21.2 Å². The molecule has 1 amide bonds. The van der Waals surface area contributed by atoms with Gasteiger partial charge in [0, 0.05) is 30.1 Å². The summed E-state index contributed by atoms with van der Waals surface area (Å²) in [4.78, 5) is 16.5. The first-order valence-electron chi connectivity index (χ1n) is 9.69. The van der Waals surface area contributed by atoms with Crippen molar-refractivity contribution in [3.05, 3.63) is 53.9 Å². The SMILES string of the molecule is O=C1CCc2c(cccc2S(=O)(=O)n2cc(C3CCCC3)c3ncccc32)N1. The number of nitrogens with one attached hydrogen (secondary N) is 1. The molecule has 1 aromatic carbocycles. The van der Waals surface area contributed by atoms with Gasteiger partial charge in [-0.05, 0) is 55.0 Å². The van der Waals surface area contributed by atoms with E-state index < -0.39 is 10.0 Å². The number of carbonyl (C=O) groups excluding carboxylic acids is 1. The quantitative estimate of drug-likeness (QED) is 0.731. The standard InChI is InChI=1S/C21H21N3O3S/c25-20-11-10-15-17(23-20)7-3-9-19(15)28(26,27)24-13-16(14-5-1-2-6-14)21-18(24)8-4-12-22-21/h3-4,7-9,12-14H,1-2,5-6,10-11H2,(H,23,25). The van der Waals surface area contributed by atoms with E-state index in [1.807, 2.05) is 6.07 Å². The van der Waals surface area contributed by atoms with Crippen LogP contribution in [0.3, 0.4) is 0 Å². The molecule has 2 aliphatic rings. The molecule has 0 spiro atoms. The summed E-state index contributed by atoms with van der Waals surface area (Å²) in [5, 5.41) is 2.79. The first kappa shape index (κ1) is 17.4. The Morgan fingerprint density at radius 2 is 1.89 bits per heavy atom. The van der Waals surface area contributed by atoms with Crippen LogP contribution in [0.5, 0.6) is 0 Å². The first-order chi connectivity index (χ1) is 13.6. The van der Waals surface area contributed by atoms with Gasteiger partial charge in [-0.25, -0.2) is 12.4 Å². The average Bonchev–Trinajstić information content (AvgIpc) is 3.35. The molecule has 3 aromatic rings. The molecule has 0 radical (unpaired) electrons. The molecule has 2 aromatic heterocycles. The van der Waals surface area contributed by atoms with E-state index >= 15 is 0 Å². The minimum atomic E-state index is -3.81. The second-order valence-electron chi connectivity index (χ2n) is 7.57. The predicted molar refractivity (Wildman–Crippen MR) is 107 cm³/mol. The number of rotatable bonds is 3. The highest BCUT2D eigenvalue weighted by Crippen LogP contribution is 2.39. The third kappa shape index (κ3) is 2.64.